The lowest BCUT2D eigenvalue weighted by Crippen LogP contribution is -2.39. The average molecular weight is 364 g/mol. The first-order valence-corrected chi connectivity index (χ1v) is 8.31. The van der Waals surface area contributed by atoms with Gasteiger partial charge in [-0.25, -0.2) is 4.98 Å². The fourth-order valence-corrected chi connectivity index (χ4v) is 2.91. The van der Waals surface area contributed by atoms with Gasteiger partial charge in [-0.1, -0.05) is 23.7 Å². The number of carbonyl (C=O) groups excluding carboxylic acids is 1. The van der Waals surface area contributed by atoms with E-state index in [0.717, 1.165) is 17.1 Å². The lowest BCUT2D eigenvalue weighted by Gasteiger charge is -2.26. The molecular weight excluding hydrogens is 346 g/mol. The number of benzene rings is 1. The zero-order chi connectivity index (χ0) is 17.8. The highest BCUT2D eigenvalue weighted by atomic mass is 35.5. The number of imidazole rings is 1. The van der Waals surface area contributed by atoms with Crippen molar-refractivity contribution in [3.8, 4) is 11.3 Å². The summed E-state index contributed by atoms with van der Waals surface area (Å²) in [5.74, 6) is -0.459. The van der Waals surface area contributed by atoms with Crippen molar-refractivity contribution in [3.05, 3.63) is 41.3 Å². The van der Waals surface area contributed by atoms with Gasteiger partial charge in [-0.05, 0) is 12.1 Å². The van der Waals surface area contributed by atoms with Gasteiger partial charge in [0.05, 0.1) is 31.0 Å². The Balaban J connectivity index is 1.64. The van der Waals surface area contributed by atoms with Crippen LogP contribution in [0.25, 0.3) is 11.3 Å². The summed E-state index contributed by atoms with van der Waals surface area (Å²) >= 11 is 6.07. The lowest BCUT2D eigenvalue weighted by molar-refractivity contribution is -0.138. The lowest BCUT2D eigenvalue weighted by atomic mass is 10.1. The number of halogens is 1. The topological polar surface area (TPSA) is 93.4 Å². The number of carboxylic acids is 1. The fourth-order valence-electron chi connectivity index (χ4n) is 2.72. The Labute approximate surface area is 149 Å². The van der Waals surface area contributed by atoms with E-state index in [2.05, 4.69) is 14.9 Å². The summed E-state index contributed by atoms with van der Waals surface area (Å²) in [4.78, 5) is 26.5. The molecule has 1 aliphatic rings. The first kappa shape index (κ1) is 17.4. The molecule has 3 rings (SSSR count). The van der Waals surface area contributed by atoms with E-state index in [-0.39, 0.29) is 24.9 Å². The quantitative estimate of drug-likeness (QED) is 0.819. The summed E-state index contributed by atoms with van der Waals surface area (Å²) in [5.41, 5.74) is 1.92. The molecule has 0 saturated heterocycles. The molecule has 132 valence electrons. The monoisotopic (exact) mass is 363 g/mol. The Hall–Kier alpha value is -2.38. The fraction of sp³-hybridized carbons (Fsp3) is 0.353. The molecule has 8 heteroatoms. The van der Waals surface area contributed by atoms with E-state index in [1.807, 2.05) is 24.3 Å². The number of fused-ring (bicyclic) bond motifs is 1. The van der Waals surface area contributed by atoms with Crippen LogP contribution in [0.2, 0.25) is 5.02 Å². The molecule has 25 heavy (non-hydrogen) atoms. The number of nitrogens with one attached hydrogen (secondary N) is 1. The van der Waals surface area contributed by atoms with Crippen molar-refractivity contribution in [3.63, 3.8) is 0 Å². The van der Waals surface area contributed by atoms with E-state index < -0.39 is 5.97 Å². The van der Waals surface area contributed by atoms with Gasteiger partial charge in [0, 0.05) is 23.6 Å². The number of hydrogen-bond acceptors (Lipinski definition) is 4. The minimum absolute atomic E-state index is 0.0356. The molecular formula is C17H18ClN3O4. The number of ether oxygens (including phenoxy) is 1. The zero-order valence-corrected chi connectivity index (χ0v) is 14.2. The molecule has 1 aromatic heterocycles. The highest BCUT2D eigenvalue weighted by molar-refractivity contribution is 6.30. The summed E-state index contributed by atoms with van der Waals surface area (Å²) in [6.07, 6.45) is 1.38. The number of hydrogen-bond donors (Lipinski definition) is 2. The molecule has 0 saturated carbocycles. The van der Waals surface area contributed by atoms with Crippen LogP contribution >= 0.6 is 11.6 Å². The van der Waals surface area contributed by atoms with Crippen LogP contribution in [0.15, 0.2) is 30.5 Å². The molecule has 0 fully saturated rings. The van der Waals surface area contributed by atoms with E-state index in [9.17, 15) is 9.59 Å². The Bertz CT molecular complexity index is 790. The van der Waals surface area contributed by atoms with Crippen LogP contribution in [0.4, 0.5) is 0 Å². The molecule has 1 aromatic carbocycles. The van der Waals surface area contributed by atoms with E-state index in [4.69, 9.17) is 21.4 Å². The van der Waals surface area contributed by atoms with Crippen molar-refractivity contribution >= 4 is 23.5 Å². The van der Waals surface area contributed by atoms with Crippen molar-refractivity contribution in [1.29, 1.82) is 0 Å². The summed E-state index contributed by atoms with van der Waals surface area (Å²) in [5, 5.41) is 12.0. The van der Waals surface area contributed by atoms with Crippen LogP contribution in [0.1, 0.15) is 18.7 Å². The first-order valence-electron chi connectivity index (χ1n) is 7.93. The van der Waals surface area contributed by atoms with E-state index >= 15 is 0 Å². The number of carbonyl (C=O) groups is 2. The summed E-state index contributed by atoms with van der Waals surface area (Å²) in [6.45, 7) is 1.23. The predicted octanol–water partition coefficient (Wildman–Crippen LogP) is 2.08. The second-order valence-electron chi connectivity index (χ2n) is 5.81. The van der Waals surface area contributed by atoms with E-state index in [1.54, 1.807) is 6.20 Å². The van der Waals surface area contributed by atoms with Crippen LogP contribution in [-0.4, -0.2) is 39.2 Å². The molecule has 7 nitrogen and oxygen atoms in total. The molecule has 1 amide bonds. The molecule has 0 unspecified atom stereocenters. The van der Waals surface area contributed by atoms with E-state index in [0.29, 0.717) is 24.7 Å². The van der Waals surface area contributed by atoms with Gasteiger partial charge in [0.25, 0.3) is 0 Å². The average Bonchev–Trinajstić information content (AvgIpc) is 3.01. The molecule has 0 aliphatic carbocycles. The van der Waals surface area contributed by atoms with E-state index in [1.165, 1.54) is 0 Å². The third-order valence-electron chi connectivity index (χ3n) is 3.99. The Morgan fingerprint density at radius 2 is 2.24 bits per heavy atom. The molecule has 0 bridgehead atoms. The Morgan fingerprint density at radius 1 is 1.40 bits per heavy atom. The maximum Gasteiger partial charge on any atom is 0.303 e. The van der Waals surface area contributed by atoms with Gasteiger partial charge in [0.2, 0.25) is 5.91 Å². The maximum absolute atomic E-state index is 11.6. The number of nitrogens with zero attached hydrogens (tertiary/aromatic N) is 2. The molecule has 2 aromatic rings. The number of rotatable bonds is 6. The number of amides is 1. The molecule has 0 radical (unpaired) electrons. The summed E-state index contributed by atoms with van der Waals surface area (Å²) in [6, 6.07) is 7.55. The third kappa shape index (κ3) is 4.37. The minimum atomic E-state index is -0.988. The number of aromatic nitrogens is 2. The highest BCUT2D eigenvalue weighted by Crippen LogP contribution is 2.26. The number of aliphatic carboxylic acids is 1. The van der Waals surface area contributed by atoms with Crippen LogP contribution in [0.3, 0.4) is 0 Å². The van der Waals surface area contributed by atoms with Gasteiger partial charge < -0.3 is 19.7 Å². The van der Waals surface area contributed by atoms with Gasteiger partial charge >= 0.3 is 5.97 Å². The molecule has 2 N–H and O–H groups in total. The van der Waals surface area contributed by atoms with Crippen molar-refractivity contribution in [2.75, 3.05) is 6.54 Å². The van der Waals surface area contributed by atoms with Gasteiger partial charge in [-0.2, -0.15) is 0 Å². The summed E-state index contributed by atoms with van der Waals surface area (Å²) < 4.78 is 7.77. The molecule has 0 spiro atoms. The predicted molar refractivity (Wildman–Crippen MR) is 91.1 cm³/mol. The largest absolute Gasteiger partial charge is 0.481 e. The van der Waals surface area contributed by atoms with Gasteiger partial charge in [-0.3, -0.25) is 9.59 Å². The first-order chi connectivity index (χ1) is 12.0. The van der Waals surface area contributed by atoms with Crippen molar-refractivity contribution < 1.29 is 19.4 Å². The maximum atomic E-state index is 11.6. The van der Waals surface area contributed by atoms with Gasteiger partial charge in [-0.15, -0.1) is 0 Å². The number of carboxylic acid groups (broad SMARTS) is 1. The van der Waals surface area contributed by atoms with Crippen LogP contribution in [0, 0.1) is 0 Å². The highest BCUT2D eigenvalue weighted by Gasteiger charge is 2.23. The molecule has 1 atom stereocenters. The standard InChI is InChI=1S/C17H18ClN3O4/c18-12-3-1-2-11(6-12)14-8-19-15-10-25-13(9-21(14)15)7-20-16(22)4-5-17(23)24/h1-3,6,8,13H,4-5,7,9-10H2,(H,20,22)(H,23,24)/t13-/m0/s1. The summed E-state index contributed by atoms with van der Waals surface area (Å²) in [7, 11) is 0. The van der Waals surface area contributed by atoms with Crippen LogP contribution in [0.5, 0.6) is 0 Å². The smallest absolute Gasteiger partial charge is 0.303 e. The van der Waals surface area contributed by atoms with Crippen LogP contribution < -0.4 is 5.32 Å². The van der Waals surface area contributed by atoms with Crippen LogP contribution in [-0.2, 0) is 27.5 Å². The Kier molecular flexibility index (Phi) is 5.35. The zero-order valence-electron chi connectivity index (χ0n) is 13.4. The van der Waals surface area contributed by atoms with Gasteiger partial charge in [0.15, 0.2) is 0 Å². The second kappa shape index (κ2) is 7.67. The Morgan fingerprint density at radius 3 is 3.00 bits per heavy atom. The normalized spacial score (nSPS) is 16.3. The SMILES string of the molecule is O=C(O)CCC(=O)NC[C@H]1Cn2c(-c3cccc(Cl)c3)cnc2CO1. The molecule has 1 aliphatic heterocycles. The van der Waals surface area contributed by atoms with Crippen molar-refractivity contribution in [2.24, 2.45) is 0 Å². The van der Waals surface area contributed by atoms with Crippen molar-refractivity contribution in [1.82, 2.24) is 14.9 Å². The molecule has 2 heterocycles. The third-order valence-corrected chi connectivity index (χ3v) is 4.22. The minimum Gasteiger partial charge on any atom is -0.481 e. The van der Waals surface area contributed by atoms with Gasteiger partial charge in [0.1, 0.15) is 12.4 Å². The second-order valence-corrected chi connectivity index (χ2v) is 6.25. The van der Waals surface area contributed by atoms with Crippen molar-refractivity contribution in [2.45, 2.75) is 32.1 Å².